The van der Waals surface area contributed by atoms with Crippen LogP contribution in [0.15, 0.2) is 54.7 Å². The van der Waals surface area contributed by atoms with E-state index in [1.54, 1.807) is 30.3 Å². The Kier molecular flexibility index (Phi) is 8.64. The monoisotopic (exact) mass is 535 g/mol. The van der Waals surface area contributed by atoms with Crippen LogP contribution in [0.3, 0.4) is 0 Å². The van der Waals surface area contributed by atoms with E-state index in [1.807, 2.05) is 18.9 Å². The lowest BCUT2D eigenvalue weighted by atomic mass is 10.0. The van der Waals surface area contributed by atoms with Gasteiger partial charge >= 0.3 is 6.18 Å². The van der Waals surface area contributed by atoms with Gasteiger partial charge in [0.1, 0.15) is 5.82 Å². The maximum atomic E-state index is 13.9. The molecule has 10 heteroatoms. The van der Waals surface area contributed by atoms with Crippen molar-refractivity contribution in [3.8, 4) is 11.8 Å². The summed E-state index contributed by atoms with van der Waals surface area (Å²) < 4.78 is 41.7. The predicted molar refractivity (Wildman–Crippen MR) is 143 cm³/mol. The van der Waals surface area contributed by atoms with Crippen LogP contribution in [-0.2, 0) is 17.5 Å². The van der Waals surface area contributed by atoms with Crippen molar-refractivity contribution in [3.05, 3.63) is 88.1 Å². The molecule has 1 fully saturated rings. The highest BCUT2D eigenvalue weighted by Crippen LogP contribution is 2.34. The van der Waals surface area contributed by atoms with Crippen molar-refractivity contribution in [1.82, 2.24) is 14.8 Å². The molecule has 202 valence electrons. The van der Waals surface area contributed by atoms with E-state index in [2.05, 4.69) is 32.4 Å². The summed E-state index contributed by atoms with van der Waals surface area (Å²) in [6, 6.07) is 12.2. The van der Waals surface area contributed by atoms with Gasteiger partial charge in [0, 0.05) is 61.3 Å². The van der Waals surface area contributed by atoms with Crippen molar-refractivity contribution in [2.75, 3.05) is 43.9 Å². The number of anilines is 2. The normalized spacial score (nSPS) is 14.3. The van der Waals surface area contributed by atoms with Gasteiger partial charge in [-0.3, -0.25) is 14.5 Å². The zero-order valence-corrected chi connectivity index (χ0v) is 21.6. The van der Waals surface area contributed by atoms with Crippen LogP contribution in [-0.4, -0.2) is 60.3 Å². The Morgan fingerprint density at radius 2 is 1.82 bits per heavy atom. The number of alkyl halides is 3. The third kappa shape index (κ3) is 7.44. The van der Waals surface area contributed by atoms with Crippen LogP contribution in [0.1, 0.15) is 38.2 Å². The lowest BCUT2D eigenvalue weighted by Gasteiger charge is -2.33. The molecule has 1 aliphatic rings. The summed E-state index contributed by atoms with van der Waals surface area (Å²) in [5, 5.41) is 5.03. The molecule has 2 amide bonds. The molecule has 1 saturated heterocycles. The summed E-state index contributed by atoms with van der Waals surface area (Å²) >= 11 is 0. The molecular weight excluding hydrogens is 507 g/mol. The number of aromatic nitrogens is 1. The molecule has 1 aromatic heterocycles. The van der Waals surface area contributed by atoms with Crippen LogP contribution in [0.25, 0.3) is 0 Å². The van der Waals surface area contributed by atoms with E-state index >= 15 is 0 Å². The number of hydrogen-bond donors (Lipinski definition) is 2. The molecule has 2 N–H and O–H groups in total. The van der Waals surface area contributed by atoms with E-state index in [4.69, 9.17) is 0 Å². The second kappa shape index (κ2) is 12.1. The zero-order chi connectivity index (χ0) is 28.0. The molecule has 2 aromatic carbocycles. The minimum atomic E-state index is -4.55. The highest BCUT2D eigenvalue weighted by Gasteiger charge is 2.34. The van der Waals surface area contributed by atoms with Crippen LogP contribution in [0, 0.1) is 18.8 Å². The van der Waals surface area contributed by atoms with Gasteiger partial charge in [-0.2, -0.15) is 13.2 Å². The number of amides is 2. The number of hydrogen-bond acceptors (Lipinski definition) is 5. The Balaban J connectivity index is 1.50. The first-order chi connectivity index (χ1) is 18.6. The van der Waals surface area contributed by atoms with Crippen molar-refractivity contribution in [2.24, 2.45) is 0 Å². The molecule has 0 spiro atoms. The van der Waals surface area contributed by atoms with Crippen molar-refractivity contribution >= 4 is 23.8 Å². The molecule has 3 aromatic rings. The molecule has 7 nitrogen and oxygen atoms in total. The Bertz CT molecular complexity index is 1400. The van der Waals surface area contributed by atoms with Crippen LogP contribution >= 0.6 is 0 Å². The topological polar surface area (TPSA) is 77.6 Å². The molecule has 39 heavy (non-hydrogen) atoms. The third-order valence-electron chi connectivity index (χ3n) is 6.47. The third-order valence-corrected chi connectivity index (χ3v) is 6.47. The molecule has 0 unspecified atom stereocenters. The highest BCUT2D eigenvalue weighted by molar-refractivity contribution is 6.04. The average molecular weight is 536 g/mol. The van der Waals surface area contributed by atoms with Gasteiger partial charge in [-0.1, -0.05) is 24.0 Å². The number of likely N-dealkylation sites (N-methyl/N-ethyl adjacent to an activating group) is 1. The van der Waals surface area contributed by atoms with E-state index in [1.165, 1.54) is 18.3 Å². The Labute approximate surface area is 225 Å². The number of aryl methyl sites for hydroxylation is 1. The largest absolute Gasteiger partial charge is 0.416 e. The SMILES string of the molecule is Cc1ccc(C(=O)Nc2ccc(CN3CCN(C)CC3)c(C(F)(F)F)c2)cc1C#Cc1ccc(NC=O)nc1. The van der Waals surface area contributed by atoms with Crippen LogP contribution in [0.5, 0.6) is 0 Å². The van der Waals surface area contributed by atoms with Gasteiger partial charge in [-0.15, -0.1) is 0 Å². The summed E-state index contributed by atoms with van der Waals surface area (Å²) in [6.45, 7) is 5.05. The molecule has 0 bridgehead atoms. The van der Waals surface area contributed by atoms with Crippen molar-refractivity contribution < 1.29 is 22.8 Å². The zero-order valence-electron chi connectivity index (χ0n) is 21.6. The molecule has 0 aliphatic carbocycles. The second-order valence-corrected chi connectivity index (χ2v) is 9.38. The summed E-state index contributed by atoms with van der Waals surface area (Å²) in [4.78, 5) is 31.7. The fourth-order valence-electron chi connectivity index (χ4n) is 4.16. The van der Waals surface area contributed by atoms with Crippen molar-refractivity contribution in [2.45, 2.75) is 19.6 Å². The number of rotatable bonds is 6. The predicted octanol–water partition coefficient (Wildman–Crippen LogP) is 4.38. The number of pyridine rings is 1. The van der Waals surface area contributed by atoms with Crippen molar-refractivity contribution in [3.63, 3.8) is 0 Å². The van der Waals surface area contributed by atoms with Gasteiger partial charge < -0.3 is 15.5 Å². The summed E-state index contributed by atoms with van der Waals surface area (Å²) in [7, 11) is 1.99. The van der Waals surface area contributed by atoms with E-state index < -0.39 is 17.6 Å². The second-order valence-electron chi connectivity index (χ2n) is 9.38. The Morgan fingerprint density at radius 1 is 1.05 bits per heavy atom. The van der Waals surface area contributed by atoms with E-state index in [0.29, 0.717) is 36.4 Å². The van der Waals surface area contributed by atoms with Gasteiger partial charge in [0.15, 0.2) is 0 Å². The number of benzene rings is 2. The van der Waals surface area contributed by atoms with Gasteiger partial charge in [0.2, 0.25) is 6.41 Å². The molecular formula is C29H28F3N5O2. The van der Waals surface area contributed by atoms with Crippen molar-refractivity contribution in [1.29, 1.82) is 0 Å². The first-order valence-corrected chi connectivity index (χ1v) is 12.3. The lowest BCUT2D eigenvalue weighted by Crippen LogP contribution is -2.44. The first kappa shape index (κ1) is 27.8. The molecule has 2 heterocycles. The number of carbonyl (C=O) groups excluding carboxylic acids is 2. The number of carbonyl (C=O) groups is 2. The molecule has 0 radical (unpaired) electrons. The minimum Gasteiger partial charge on any atom is -0.322 e. The van der Waals surface area contributed by atoms with Gasteiger partial charge in [0.05, 0.1) is 5.56 Å². The van der Waals surface area contributed by atoms with Gasteiger partial charge in [-0.05, 0) is 61.5 Å². The molecule has 4 rings (SSSR count). The maximum absolute atomic E-state index is 13.9. The molecule has 1 aliphatic heterocycles. The number of nitrogens with one attached hydrogen (secondary N) is 2. The summed E-state index contributed by atoms with van der Waals surface area (Å²) in [6.07, 6.45) is -2.51. The number of nitrogens with zero attached hydrogens (tertiary/aromatic N) is 3. The van der Waals surface area contributed by atoms with Gasteiger partial charge in [0.25, 0.3) is 5.91 Å². The van der Waals surface area contributed by atoms with E-state index in [-0.39, 0.29) is 23.4 Å². The Morgan fingerprint density at radius 3 is 2.49 bits per heavy atom. The first-order valence-electron chi connectivity index (χ1n) is 12.3. The summed E-state index contributed by atoms with van der Waals surface area (Å²) in [5.74, 6) is 5.82. The minimum absolute atomic E-state index is 0.0674. The van der Waals surface area contributed by atoms with Crippen LogP contribution < -0.4 is 10.6 Å². The van der Waals surface area contributed by atoms with Crippen LogP contribution in [0.2, 0.25) is 0 Å². The fraction of sp³-hybridized carbons (Fsp3) is 0.276. The maximum Gasteiger partial charge on any atom is 0.416 e. The quantitative estimate of drug-likeness (QED) is 0.362. The average Bonchev–Trinajstić information content (AvgIpc) is 2.90. The smallest absolute Gasteiger partial charge is 0.322 e. The lowest BCUT2D eigenvalue weighted by molar-refractivity contribution is -0.138. The van der Waals surface area contributed by atoms with E-state index in [0.717, 1.165) is 24.7 Å². The van der Waals surface area contributed by atoms with E-state index in [9.17, 15) is 22.8 Å². The number of piperazine rings is 1. The number of halogens is 3. The molecule has 0 atom stereocenters. The fourth-order valence-corrected chi connectivity index (χ4v) is 4.16. The standard InChI is InChI=1S/C29H28F3N5O2/c1-20-3-6-23(15-22(20)7-4-21-5-10-27(33-17-21)34-19-38)28(39)35-25-9-8-24(26(16-25)29(30,31)32)18-37-13-11-36(2)12-14-37/h3,5-6,8-10,15-17,19H,11-14,18H2,1-2H3,(H,35,39)(H,33,34,38). The van der Waals surface area contributed by atoms with Gasteiger partial charge in [-0.25, -0.2) is 4.98 Å². The Hall–Kier alpha value is -4.20. The van der Waals surface area contributed by atoms with Crippen LogP contribution in [0.4, 0.5) is 24.7 Å². The molecule has 0 saturated carbocycles. The highest BCUT2D eigenvalue weighted by atomic mass is 19.4. The summed E-state index contributed by atoms with van der Waals surface area (Å²) in [5.41, 5.74) is 1.80.